The quantitative estimate of drug-likeness (QED) is 0.558. The maximum absolute atomic E-state index is 12.9. The van der Waals surface area contributed by atoms with Gasteiger partial charge in [0.1, 0.15) is 6.26 Å². The van der Waals surface area contributed by atoms with Crippen molar-refractivity contribution in [3.8, 4) is 0 Å². The minimum Gasteiger partial charge on any atom is -0.472 e. The topological polar surface area (TPSA) is 55.1 Å². The lowest BCUT2D eigenvalue weighted by Crippen LogP contribution is -2.11. The average molecular weight is 420 g/mol. The summed E-state index contributed by atoms with van der Waals surface area (Å²) in [6.45, 7) is 0. The maximum atomic E-state index is 12.9. The molecule has 0 spiro atoms. The third kappa shape index (κ3) is 4.71. The summed E-state index contributed by atoms with van der Waals surface area (Å²) in [5, 5.41) is 2.63. The highest BCUT2D eigenvalue weighted by Crippen LogP contribution is 2.37. The van der Waals surface area contributed by atoms with E-state index in [9.17, 15) is 31.1 Å². The molecule has 2 heterocycles. The Kier molecular flexibility index (Phi) is 5.20. The second-order valence-corrected chi connectivity index (χ2v) is 6.80. The number of aromatic nitrogens is 1. The van der Waals surface area contributed by atoms with Gasteiger partial charge >= 0.3 is 12.4 Å². The van der Waals surface area contributed by atoms with Gasteiger partial charge in [-0.1, -0.05) is 0 Å². The molecule has 0 fully saturated rings. The van der Waals surface area contributed by atoms with Gasteiger partial charge in [-0.15, -0.1) is 11.3 Å². The normalized spacial score (nSPS) is 12.2. The van der Waals surface area contributed by atoms with Gasteiger partial charge in [0.05, 0.1) is 23.0 Å². The van der Waals surface area contributed by atoms with Crippen LogP contribution >= 0.6 is 11.3 Å². The molecule has 0 saturated carbocycles. The first-order valence-corrected chi connectivity index (χ1v) is 8.40. The third-order valence-electron chi connectivity index (χ3n) is 3.58. The van der Waals surface area contributed by atoms with Gasteiger partial charge in [-0.25, -0.2) is 4.98 Å². The Hall–Kier alpha value is -2.82. The molecular weight excluding hydrogens is 410 g/mol. The number of amides is 1. The molecular formula is C17H10F6N2O2S. The summed E-state index contributed by atoms with van der Waals surface area (Å²) >= 11 is 0.944. The molecule has 0 saturated heterocycles. The molecule has 0 aliphatic carbocycles. The molecule has 1 amide bonds. The molecule has 0 aliphatic rings. The Morgan fingerprint density at radius 2 is 1.71 bits per heavy atom. The number of carbonyl (C=O) groups is 1. The molecule has 2 aromatic heterocycles. The van der Waals surface area contributed by atoms with Crippen LogP contribution in [0.15, 0.2) is 47.4 Å². The number of nitrogens with one attached hydrogen (secondary N) is 1. The summed E-state index contributed by atoms with van der Waals surface area (Å²) in [5.74, 6) is -0.506. The Bertz CT molecular complexity index is 944. The first-order valence-electron chi connectivity index (χ1n) is 7.59. The van der Waals surface area contributed by atoms with Crippen LogP contribution in [0.25, 0.3) is 0 Å². The zero-order chi connectivity index (χ0) is 20.5. The van der Waals surface area contributed by atoms with Crippen LogP contribution in [0.2, 0.25) is 0 Å². The molecule has 3 rings (SSSR count). The first-order chi connectivity index (χ1) is 13.0. The van der Waals surface area contributed by atoms with E-state index < -0.39 is 29.4 Å². The highest BCUT2D eigenvalue weighted by atomic mass is 32.1. The zero-order valence-corrected chi connectivity index (χ0v) is 14.5. The number of hydrogen-bond acceptors (Lipinski definition) is 4. The zero-order valence-electron chi connectivity index (χ0n) is 13.7. The molecule has 4 nitrogen and oxygen atoms in total. The van der Waals surface area contributed by atoms with E-state index in [-0.39, 0.29) is 28.7 Å². The van der Waals surface area contributed by atoms with Crippen LogP contribution in [0.3, 0.4) is 0 Å². The fourth-order valence-electron chi connectivity index (χ4n) is 2.33. The van der Waals surface area contributed by atoms with Crippen LogP contribution in [0, 0.1) is 0 Å². The molecule has 0 aliphatic heterocycles. The van der Waals surface area contributed by atoms with Crippen LogP contribution in [0.5, 0.6) is 0 Å². The van der Waals surface area contributed by atoms with Crippen molar-refractivity contribution in [2.45, 2.75) is 18.8 Å². The predicted octanol–water partition coefficient (Wildman–Crippen LogP) is 5.62. The number of thiazole rings is 1. The van der Waals surface area contributed by atoms with E-state index in [1.807, 2.05) is 0 Å². The number of anilines is 1. The number of rotatable bonds is 4. The van der Waals surface area contributed by atoms with E-state index in [0.717, 1.165) is 11.3 Å². The van der Waals surface area contributed by atoms with E-state index in [1.165, 1.54) is 24.8 Å². The molecule has 3 aromatic rings. The van der Waals surface area contributed by atoms with Crippen LogP contribution < -0.4 is 5.32 Å². The van der Waals surface area contributed by atoms with Crippen molar-refractivity contribution in [1.29, 1.82) is 0 Å². The van der Waals surface area contributed by atoms with Crippen LogP contribution in [-0.4, -0.2) is 10.9 Å². The molecule has 1 N–H and O–H groups in total. The van der Waals surface area contributed by atoms with Crippen molar-refractivity contribution < 1.29 is 35.6 Å². The minimum absolute atomic E-state index is 0.0761. The van der Waals surface area contributed by atoms with Crippen molar-refractivity contribution in [1.82, 2.24) is 4.98 Å². The predicted molar refractivity (Wildman–Crippen MR) is 88.0 cm³/mol. The van der Waals surface area contributed by atoms with Gasteiger partial charge in [-0.05, 0) is 29.8 Å². The third-order valence-corrected chi connectivity index (χ3v) is 4.50. The summed E-state index contributed by atoms with van der Waals surface area (Å²) in [5.41, 5.74) is -2.69. The molecule has 0 atom stereocenters. The van der Waals surface area contributed by atoms with Gasteiger partial charge in [0.25, 0.3) is 5.91 Å². The van der Waals surface area contributed by atoms with Crippen LogP contribution in [0.4, 0.5) is 31.5 Å². The Morgan fingerprint density at radius 1 is 1.07 bits per heavy atom. The first kappa shape index (κ1) is 19.9. The summed E-state index contributed by atoms with van der Waals surface area (Å²) in [4.78, 5) is 16.2. The van der Waals surface area contributed by atoms with Gasteiger partial charge in [0, 0.05) is 17.5 Å². The smallest absolute Gasteiger partial charge is 0.416 e. The van der Waals surface area contributed by atoms with Crippen molar-refractivity contribution in [2.75, 3.05) is 5.32 Å². The number of nitrogens with zero attached hydrogens (tertiary/aromatic N) is 1. The van der Waals surface area contributed by atoms with Gasteiger partial charge < -0.3 is 4.42 Å². The second kappa shape index (κ2) is 7.30. The number of alkyl halides is 6. The highest BCUT2D eigenvalue weighted by Gasteiger charge is 2.36. The molecule has 148 valence electrons. The summed E-state index contributed by atoms with van der Waals surface area (Å²) in [6.07, 6.45) is -6.23. The second-order valence-electron chi connectivity index (χ2n) is 5.69. The SMILES string of the molecule is O=C(Nc1ncc(Cc2cc(C(F)(F)F)cc(C(F)(F)F)c2)s1)c1ccoc1. The molecule has 11 heteroatoms. The van der Waals surface area contributed by atoms with Gasteiger partial charge in [-0.2, -0.15) is 26.3 Å². The molecule has 0 bridgehead atoms. The minimum atomic E-state index is -4.91. The van der Waals surface area contributed by atoms with Gasteiger partial charge in [-0.3, -0.25) is 10.1 Å². The molecule has 0 radical (unpaired) electrons. The summed E-state index contributed by atoms with van der Waals surface area (Å²) < 4.78 is 82.3. The number of halogens is 6. The monoisotopic (exact) mass is 420 g/mol. The standard InChI is InChI=1S/C17H10F6N2O2S/c18-16(19,20)11-3-9(4-12(6-11)17(21,22)23)5-13-7-24-15(28-13)25-14(26)10-1-2-27-8-10/h1-4,6-8H,5H2,(H,24,25,26). The molecule has 0 unspecified atom stereocenters. The average Bonchev–Trinajstić information content (AvgIpc) is 3.25. The Morgan fingerprint density at radius 3 is 2.25 bits per heavy atom. The van der Waals surface area contributed by atoms with Gasteiger partial charge in [0.15, 0.2) is 5.13 Å². The molecule has 28 heavy (non-hydrogen) atoms. The highest BCUT2D eigenvalue weighted by molar-refractivity contribution is 7.15. The van der Waals surface area contributed by atoms with Crippen molar-refractivity contribution >= 4 is 22.4 Å². The summed E-state index contributed by atoms with van der Waals surface area (Å²) in [6, 6.07) is 2.83. The number of furan rings is 1. The van der Waals surface area contributed by atoms with Crippen molar-refractivity contribution in [2.24, 2.45) is 0 Å². The number of hydrogen-bond donors (Lipinski definition) is 1. The van der Waals surface area contributed by atoms with E-state index in [1.54, 1.807) is 0 Å². The lowest BCUT2D eigenvalue weighted by Gasteiger charge is -2.13. The lowest BCUT2D eigenvalue weighted by atomic mass is 10.0. The van der Waals surface area contributed by atoms with Crippen LogP contribution in [-0.2, 0) is 18.8 Å². The fraction of sp³-hybridized carbons (Fsp3) is 0.176. The van der Waals surface area contributed by atoms with E-state index in [4.69, 9.17) is 4.42 Å². The summed E-state index contributed by atoms with van der Waals surface area (Å²) in [7, 11) is 0. The largest absolute Gasteiger partial charge is 0.472 e. The van der Waals surface area contributed by atoms with E-state index in [0.29, 0.717) is 17.0 Å². The van der Waals surface area contributed by atoms with Crippen LogP contribution in [0.1, 0.15) is 31.9 Å². The Labute approximate surface area is 157 Å². The molecule has 1 aromatic carbocycles. The van der Waals surface area contributed by atoms with Gasteiger partial charge in [0.2, 0.25) is 0 Å². The van der Waals surface area contributed by atoms with E-state index in [2.05, 4.69) is 10.3 Å². The van der Waals surface area contributed by atoms with Crippen molar-refractivity contribution in [3.63, 3.8) is 0 Å². The van der Waals surface area contributed by atoms with E-state index >= 15 is 0 Å². The lowest BCUT2D eigenvalue weighted by molar-refractivity contribution is -0.143. The fourth-order valence-corrected chi connectivity index (χ4v) is 3.17. The maximum Gasteiger partial charge on any atom is 0.416 e. The Balaban J connectivity index is 1.82. The number of benzene rings is 1. The number of carbonyl (C=O) groups excluding carboxylic acids is 1. The van der Waals surface area contributed by atoms with Crippen molar-refractivity contribution in [3.05, 3.63) is 70.1 Å².